The van der Waals surface area contributed by atoms with E-state index in [1.807, 2.05) is 6.92 Å². The van der Waals surface area contributed by atoms with Crippen LogP contribution in [0.3, 0.4) is 0 Å². The van der Waals surface area contributed by atoms with Gasteiger partial charge in [0.15, 0.2) is 11.9 Å². The van der Waals surface area contributed by atoms with Crippen LogP contribution in [-0.4, -0.2) is 40.9 Å². The van der Waals surface area contributed by atoms with E-state index >= 15 is 0 Å². The van der Waals surface area contributed by atoms with Crippen LogP contribution in [-0.2, 0) is 28.8 Å². The van der Waals surface area contributed by atoms with Gasteiger partial charge in [-0.25, -0.2) is 15.3 Å². The molecule has 4 aliphatic heterocycles. The quantitative estimate of drug-likeness (QED) is 0.374. The van der Waals surface area contributed by atoms with Crippen molar-refractivity contribution in [1.29, 1.82) is 0 Å². The summed E-state index contributed by atoms with van der Waals surface area (Å²) in [6, 6.07) is 0. The Labute approximate surface area is 164 Å². The van der Waals surface area contributed by atoms with E-state index in [-0.39, 0.29) is 36.5 Å². The molecule has 4 heterocycles. The molecule has 5 fully saturated rings. The lowest BCUT2D eigenvalue weighted by molar-refractivity contribution is -0.571. The van der Waals surface area contributed by atoms with Crippen molar-refractivity contribution in [1.82, 2.24) is 10.8 Å². The number of carbonyl (C=O) groups is 2. The number of fused-ring (bicyclic) bond motifs is 2. The zero-order valence-corrected chi connectivity index (χ0v) is 16.6. The first-order chi connectivity index (χ1) is 13.3. The Kier molecular flexibility index (Phi) is 5.16. The van der Waals surface area contributed by atoms with Crippen molar-refractivity contribution in [3.05, 3.63) is 0 Å². The molecular weight excluding hydrogens is 368 g/mol. The molecule has 2 bridgehead atoms. The monoisotopic (exact) mass is 398 g/mol. The second-order valence-electron chi connectivity index (χ2n) is 8.93. The molecule has 28 heavy (non-hydrogen) atoms. The maximum atomic E-state index is 12.3. The summed E-state index contributed by atoms with van der Waals surface area (Å²) in [6.07, 6.45) is 2.45. The second-order valence-corrected chi connectivity index (χ2v) is 8.93. The van der Waals surface area contributed by atoms with Crippen LogP contribution in [0.4, 0.5) is 0 Å². The molecule has 5 aliphatic rings. The summed E-state index contributed by atoms with van der Waals surface area (Å²) in [5.41, 5.74) is 0.869. The van der Waals surface area contributed by atoms with Crippen LogP contribution >= 0.6 is 0 Å². The predicted octanol–water partition coefficient (Wildman–Crippen LogP) is 1.60. The molecule has 0 aromatic carbocycles. The molecule has 0 unspecified atom stereocenters. The normalized spacial score (nSPS) is 47.0. The van der Waals surface area contributed by atoms with E-state index in [1.54, 1.807) is 0 Å². The van der Waals surface area contributed by atoms with Crippen molar-refractivity contribution >= 4 is 11.8 Å². The third-order valence-corrected chi connectivity index (χ3v) is 7.16. The SMILES string of the molecule is C[C@H]1[C@@H](NC(=O)CCC(=O)NO)O[C@@H]2O[C@@]3(C)CC[C@H]4[C@H](C)CC[C@@H]1[C@@]24OO3. The van der Waals surface area contributed by atoms with Gasteiger partial charge in [-0.2, -0.15) is 0 Å². The van der Waals surface area contributed by atoms with Crippen LogP contribution < -0.4 is 10.8 Å². The highest BCUT2D eigenvalue weighted by atomic mass is 17.3. The topological polar surface area (TPSA) is 115 Å². The Bertz CT molecular complexity index is 646. The fraction of sp³-hybridized carbons (Fsp3) is 0.895. The third-order valence-electron chi connectivity index (χ3n) is 7.16. The van der Waals surface area contributed by atoms with E-state index in [4.69, 9.17) is 24.5 Å². The van der Waals surface area contributed by atoms with E-state index in [1.165, 1.54) is 5.48 Å². The average molecular weight is 398 g/mol. The molecule has 5 rings (SSSR count). The van der Waals surface area contributed by atoms with Crippen molar-refractivity contribution < 1.29 is 34.0 Å². The Hall–Kier alpha value is -1.26. The predicted molar refractivity (Wildman–Crippen MR) is 94.1 cm³/mol. The Morgan fingerprint density at radius 1 is 1.07 bits per heavy atom. The Morgan fingerprint density at radius 3 is 2.57 bits per heavy atom. The Balaban J connectivity index is 1.54. The largest absolute Gasteiger partial charge is 0.330 e. The lowest BCUT2D eigenvalue weighted by atomic mass is 9.58. The van der Waals surface area contributed by atoms with Crippen LogP contribution in [0.1, 0.15) is 59.3 Å². The number of amides is 2. The lowest BCUT2D eigenvalue weighted by Gasteiger charge is -2.60. The average Bonchev–Trinajstić information content (AvgIpc) is 2.90. The molecule has 3 N–H and O–H groups in total. The standard InChI is InChI=1S/C19H30N2O7/c1-10-4-5-13-11(2)16(20-14(22)6-7-15(23)21-24)25-17-19(13)12(10)8-9-18(3,26-17)27-28-19/h10-13,16-17,24H,4-9H2,1-3H3,(H,20,22)(H,21,23)/t10-,11-,12+,13+,16+,17-,18-,19-/m1/s1. The Morgan fingerprint density at radius 2 is 1.82 bits per heavy atom. The molecule has 0 aromatic rings. The fourth-order valence-electron chi connectivity index (χ4n) is 5.58. The highest BCUT2D eigenvalue weighted by Gasteiger charge is 2.69. The first kappa shape index (κ1) is 20.0. The van der Waals surface area contributed by atoms with Gasteiger partial charge in [0, 0.05) is 31.1 Å². The summed E-state index contributed by atoms with van der Waals surface area (Å²) in [4.78, 5) is 35.3. The summed E-state index contributed by atoms with van der Waals surface area (Å²) >= 11 is 0. The first-order valence-electron chi connectivity index (χ1n) is 10.2. The van der Waals surface area contributed by atoms with Gasteiger partial charge in [0.25, 0.3) is 0 Å². The minimum Gasteiger partial charge on any atom is -0.330 e. The number of hydroxylamine groups is 1. The van der Waals surface area contributed by atoms with E-state index in [2.05, 4.69) is 19.2 Å². The minimum atomic E-state index is -0.855. The van der Waals surface area contributed by atoms with Gasteiger partial charge in [0.05, 0.1) is 0 Å². The molecule has 158 valence electrons. The van der Waals surface area contributed by atoms with Crippen molar-refractivity contribution in [3.8, 4) is 0 Å². The molecular formula is C19H30N2O7. The second kappa shape index (κ2) is 7.21. The molecule has 8 atom stereocenters. The summed E-state index contributed by atoms with van der Waals surface area (Å²) in [5, 5.41) is 11.5. The molecule has 9 nitrogen and oxygen atoms in total. The fourth-order valence-corrected chi connectivity index (χ4v) is 5.58. The number of hydrogen-bond acceptors (Lipinski definition) is 7. The molecule has 9 heteroatoms. The zero-order chi connectivity index (χ0) is 20.1. The highest BCUT2D eigenvalue weighted by molar-refractivity contribution is 5.83. The van der Waals surface area contributed by atoms with Crippen LogP contribution in [0.15, 0.2) is 0 Å². The number of ether oxygens (including phenoxy) is 2. The van der Waals surface area contributed by atoms with E-state index in [9.17, 15) is 9.59 Å². The number of hydrogen-bond donors (Lipinski definition) is 3. The molecule has 1 aliphatic carbocycles. The summed E-state index contributed by atoms with van der Waals surface area (Å²) in [6.45, 7) is 6.16. The first-order valence-corrected chi connectivity index (χ1v) is 10.2. The van der Waals surface area contributed by atoms with Crippen LogP contribution in [0, 0.1) is 23.7 Å². The van der Waals surface area contributed by atoms with Gasteiger partial charge >= 0.3 is 0 Å². The van der Waals surface area contributed by atoms with Crippen molar-refractivity contribution in [2.45, 2.75) is 83.2 Å². The van der Waals surface area contributed by atoms with E-state index < -0.39 is 29.8 Å². The summed E-state index contributed by atoms with van der Waals surface area (Å²) in [7, 11) is 0. The van der Waals surface area contributed by atoms with Crippen LogP contribution in [0.5, 0.6) is 0 Å². The molecule has 4 saturated heterocycles. The number of nitrogens with one attached hydrogen (secondary N) is 2. The van der Waals surface area contributed by atoms with Gasteiger partial charge in [0.1, 0.15) is 6.23 Å². The molecule has 2 amide bonds. The van der Waals surface area contributed by atoms with Crippen molar-refractivity contribution in [3.63, 3.8) is 0 Å². The molecule has 1 saturated carbocycles. The summed E-state index contributed by atoms with van der Waals surface area (Å²) < 4.78 is 12.5. The maximum Gasteiger partial charge on any atom is 0.243 e. The third kappa shape index (κ3) is 3.13. The molecule has 1 spiro atoms. The smallest absolute Gasteiger partial charge is 0.243 e. The van der Waals surface area contributed by atoms with Crippen LogP contribution in [0.25, 0.3) is 0 Å². The van der Waals surface area contributed by atoms with E-state index in [0.717, 1.165) is 25.7 Å². The van der Waals surface area contributed by atoms with Gasteiger partial charge in [-0.15, -0.1) is 0 Å². The van der Waals surface area contributed by atoms with Crippen LogP contribution in [0.2, 0.25) is 0 Å². The number of rotatable bonds is 4. The minimum absolute atomic E-state index is 0.00322. The van der Waals surface area contributed by atoms with Crippen molar-refractivity contribution in [2.24, 2.45) is 23.7 Å². The number of carbonyl (C=O) groups excluding carboxylic acids is 2. The maximum absolute atomic E-state index is 12.3. The lowest BCUT2D eigenvalue weighted by Crippen LogP contribution is -2.71. The zero-order valence-electron chi connectivity index (χ0n) is 16.6. The van der Waals surface area contributed by atoms with Gasteiger partial charge in [0.2, 0.25) is 17.6 Å². The molecule has 0 aromatic heterocycles. The van der Waals surface area contributed by atoms with E-state index in [0.29, 0.717) is 5.92 Å². The molecule has 0 radical (unpaired) electrons. The van der Waals surface area contributed by atoms with Crippen molar-refractivity contribution in [2.75, 3.05) is 0 Å². The van der Waals surface area contributed by atoms with Gasteiger partial charge in [-0.1, -0.05) is 13.8 Å². The summed E-state index contributed by atoms with van der Waals surface area (Å²) in [5.74, 6) is -0.889. The van der Waals surface area contributed by atoms with Gasteiger partial charge in [-0.3, -0.25) is 14.8 Å². The van der Waals surface area contributed by atoms with Gasteiger partial charge in [-0.05, 0) is 38.0 Å². The van der Waals surface area contributed by atoms with Gasteiger partial charge < -0.3 is 14.8 Å². The highest BCUT2D eigenvalue weighted by Crippen LogP contribution is 2.60.